The Morgan fingerprint density at radius 1 is 0.840 bits per heavy atom. The number of aromatic nitrogens is 2. The lowest BCUT2D eigenvalue weighted by molar-refractivity contribution is 1.22. The van der Waals surface area contributed by atoms with Crippen molar-refractivity contribution in [3.8, 4) is 11.4 Å². The molecule has 4 aromatic rings. The van der Waals surface area contributed by atoms with Crippen molar-refractivity contribution < 1.29 is 0 Å². The molecule has 0 saturated heterocycles. The fourth-order valence-corrected chi connectivity index (χ4v) is 2.86. The summed E-state index contributed by atoms with van der Waals surface area (Å²) >= 11 is 6.19. The first-order valence-corrected chi connectivity index (χ1v) is 8.43. The number of halogens is 1. The SMILES string of the molecule is Cc1ccc(Nc2nc(-c3ccccc3)nc3ccc(Cl)cc23)cc1. The maximum Gasteiger partial charge on any atom is 0.162 e. The highest BCUT2D eigenvalue weighted by Gasteiger charge is 2.10. The molecule has 0 radical (unpaired) electrons. The molecule has 3 nitrogen and oxygen atoms in total. The normalized spacial score (nSPS) is 10.8. The third-order valence-electron chi connectivity index (χ3n) is 4.00. The molecule has 0 atom stereocenters. The summed E-state index contributed by atoms with van der Waals surface area (Å²) in [5.74, 6) is 1.43. The summed E-state index contributed by atoms with van der Waals surface area (Å²) in [5.41, 5.74) is 4.02. The van der Waals surface area contributed by atoms with Crippen molar-refractivity contribution in [3.05, 3.63) is 83.4 Å². The van der Waals surface area contributed by atoms with Crippen molar-refractivity contribution >= 4 is 34.0 Å². The Balaban J connectivity index is 1.87. The predicted octanol–water partition coefficient (Wildman–Crippen LogP) is 6.00. The van der Waals surface area contributed by atoms with E-state index in [1.54, 1.807) is 0 Å². The highest BCUT2D eigenvalue weighted by Crippen LogP contribution is 2.29. The molecule has 1 heterocycles. The summed E-state index contributed by atoms with van der Waals surface area (Å²) in [7, 11) is 0. The van der Waals surface area contributed by atoms with Gasteiger partial charge in [-0.15, -0.1) is 0 Å². The van der Waals surface area contributed by atoms with Crippen LogP contribution >= 0.6 is 11.6 Å². The van der Waals surface area contributed by atoms with Crippen LogP contribution in [0.5, 0.6) is 0 Å². The second-order valence-electron chi connectivity index (χ2n) is 5.91. The maximum absolute atomic E-state index is 6.19. The molecule has 0 aliphatic carbocycles. The summed E-state index contributed by atoms with van der Waals surface area (Å²) in [6, 6.07) is 23.8. The fraction of sp³-hybridized carbons (Fsp3) is 0.0476. The number of anilines is 2. The molecule has 1 aromatic heterocycles. The zero-order valence-corrected chi connectivity index (χ0v) is 14.5. The minimum Gasteiger partial charge on any atom is -0.340 e. The topological polar surface area (TPSA) is 37.8 Å². The third kappa shape index (κ3) is 3.32. The number of aryl methyl sites for hydroxylation is 1. The molecular formula is C21H16ClN3. The van der Waals surface area contributed by atoms with E-state index >= 15 is 0 Å². The van der Waals surface area contributed by atoms with Crippen molar-refractivity contribution in [1.82, 2.24) is 9.97 Å². The van der Waals surface area contributed by atoms with Crippen LogP contribution < -0.4 is 5.32 Å². The van der Waals surface area contributed by atoms with Crippen LogP contribution in [-0.4, -0.2) is 9.97 Å². The predicted molar refractivity (Wildman–Crippen MR) is 104 cm³/mol. The van der Waals surface area contributed by atoms with Crippen molar-refractivity contribution in [2.24, 2.45) is 0 Å². The van der Waals surface area contributed by atoms with E-state index in [1.807, 2.05) is 60.7 Å². The van der Waals surface area contributed by atoms with E-state index in [0.29, 0.717) is 10.8 Å². The van der Waals surface area contributed by atoms with Crippen molar-refractivity contribution in [2.75, 3.05) is 5.32 Å². The number of hydrogen-bond donors (Lipinski definition) is 1. The fourth-order valence-electron chi connectivity index (χ4n) is 2.69. The molecule has 25 heavy (non-hydrogen) atoms. The maximum atomic E-state index is 6.19. The van der Waals surface area contributed by atoms with Gasteiger partial charge < -0.3 is 5.32 Å². The molecular weight excluding hydrogens is 330 g/mol. The van der Waals surface area contributed by atoms with Crippen LogP contribution in [-0.2, 0) is 0 Å². The number of benzene rings is 3. The Morgan fingerprint density at radius 3 is 2.36 bits per heavy atom. The number of nitrogens with zero attached hydrogens (tertiary/aromatic N) is 2. The molecule has 1 N–H and O–H groups in total. The lowest BCUT2D eigenvalue weighted by atomic mass is 10.1. The van der Waals surface area contributed by atoms with E-state index in [9.17, 15) is 0 Å². The zero-order valence-electron chi connectivity index (χ0n) is 13.7. The van der Waals surface area contributed by atoms with Crippen LogP contribution in [0.1, 0.15) is 5.56 Å². The summed E-state index contributed by atoms with van der Waals surface area (Å²) < 4.78 is 0. The molecule has 0 amide bonds. The van der Waals surface area contributed by atoms with Crippen LogP contribution in [0.4, 0.5) is 11.5 Å². The first kappa shape index (κ1) is 15.6. The standard InChI is InChI=1S/C21H16ClN3/c1-14-7-10-17(11-8-14)23-21-18-13-16(22)9-12-19(18)24-20(25-21)15-5-3-2-4-6-15/h2-13H,1H3,(H,23,24,25). The Bertz CT molecular complexity index is 1030. The van der Waals surface area contributed by atoms with Crippen LogP contribution in [0, 0.1) is 6.92 Å². The minimum atomic E-state index is 0.663. The molecule has 0 aliphatic rings. The van der Waals surface area contributed by atoms with Gasteiger partial charge in [-0.3, -0.25) is 0 Å². The zero-order chi connectivity index (χ0) is 17.2. The largest absolute Gasteiger partial charge is 0.340 e. The number of hydrogen-bond acceptors (Lipinski definition) is 3. The lowest BCUT2D eigenvalue weighted by Crippen LogP contribution is -1.99. The van der Waals surface area contributed by atoms with Crippen LogP contribution in [0.3, 0.4) is 0 Å². The number of rotatable bonds is 3. The molecule has 0 spiro atoms. The number of fused-ring (bicyclic) bond motifs is 1. The second-order valence-corrected chi connectivity index (χ2v) is 6.35. The summed E-state index contributed by atoms with van der Waals surface area (Å²) in [4.78, 5) is 9.44. The Kier molecular flexibility index (Phi) is 4.08. The van der Waals surface area contributed by atoms with E-state index < -0.39 is 0 Å². The van der Waals surface area contributed by atoms with E-state index in [2.05, 4.69) is 24.4 Å². The quantitative estimate of drug-likeness (QED) is 0.494. The molecule has 0 aliphatic heterocycles. The van der Waals surface area contributed by atoms with E-state index in [0.717, 1.165) is 28.0 Å². The second kappa shape index (κ2) is 6.54. The van der Waals surface area contributed by atoms with E-state index in [4.69, 9.17) is 21.6 Å². The first-order valence-electron chi connectivity index (χ1n) is 8.05. The van der Waals surface area contributed by atoms with E-state index in [-0.39, 0.29) is 0 Å². The summed E-state index contributed by atoms with van der Waals surface area (Å²) in [5, 5.41) is 4.96. The molecule has 122 valence electrons. The average molecular weight is 346 g/mol. The van der Waals surface area contributed by atoms with Gasteiger partial charge in [0.25, 0.3) is 0 Å². The Morgan fingerprint density at radius 2 is 1.60 bits per heavy atom. The summed E-state index contributed by atoms with van der Waals surface area (Å²) in [6.07, 6.45) is 0. The smallest absolute Gasteiger partial charge is 0.162 e. The highest BCUT2D eigenvalue weighted by atomic mass is 35.5. The van der Waals surface area contributed by atoms with Crippen LogP contribution in [0.25, 0.3) is 22.3 Å². The van der Waals surface area contributed by atoms with Gasteiger partial charge in [0.2, 0.25) is 0 Å². The van der Waals surface area contributed by atoms with Gasteiger partial charge in [-0.2, -0.15) is 0 Å². The lowest BCUT2D eigenvalue weighted by Gasteiger charge is -2.11. The average Bonchev–Trinajstić information content (AvgIpc) is 2.64. The molecule has 0 saturated carbocycles. The van der Waals surface area contributed by atoms with Crippen molar-refractivity contribution in [2.45, 2.75) is 6.92 Å². The van der Waals surface area contributed by atoms with Gasteiger partial charge in [-0.1, -0.05) is 59.6 Å². The van der Waals surface area contributed by atoms with Gasteiger partial charge >= 0.3 is 0 Å². The van der Waals surface area contributed by atoms with Gasteiger partial charge in [-0.05, 0) is 37.3 Å². The van der Waals surface area contributed by atoms with Gasteiger partial charge in [0, 0.05) is 21.7 Å². The molecule has 0 fully saturated rings. The molecule has 4 heteroatoms. The van der Waals surface area contributed by atoms with Crippen molar-refractivity contribution in [1.29, 1.82) is 0 Å². The van der Waals surface area contributed by atoms with Gasteiger partial charge in [-0.25, -0.2) is 9.97 Å². The molecule has 0 bridgehead atoms. The number of nitrogens with one attached hydrogen (secondary N) is 1. The molecule has 4 rings (SSSR count). The third-order valence-corrected chi connectivity index (χ3v) is 4.24. The van der Waals surface area contributed by atoms with Gasteiger partial charge in [0.05, 0.1) is 5.52 Å². The van der Waals surface area contributed by atoms with E-state index in [1.165, 1.54) is 5.56 Å². The highest BCUT2D eigenvalue weighted by molar-refractivity contribution is 6.31. The van der Waals surface area contributed by atoms with Gasteiger partial charge in [0.15, 0.2) is 5.82 Å². The Labute approximate surface area is 151 Å². The molecule has 0 unspecified atom stereocenters. The first-order chi connectivity index (χ1) is 12.2. The van der Waals surface area contributed by atoms with Crippen LogP contribution in [0.15, 0.2) is 72.8 Å². The van der Waals surface area contributed by atoms with Gasteiger partial charge in [0.1, 0.15) is 5.82 Å². The monoisotopic (exact) mass is 345 g/mol. The van der Waals surface area contributed by atoms with Crippen molar-refractivity contribution in [3.63, 3.8) is 0 Å². The van der Waals surface area contributed by atoms with Crippen LogP contribution in [0.2, 0.25) is 5.02 Å². The summed E-state index contributed by atoms with van der Waals surface area (Å²) in [6.45, 7) is 2.07. The minimum absolute atomic E-state index is 0.663. The molecule has 3 aromatic carbocycles. The Hall–Kier alpha value is -2.91.